The van der Waals surface area contributed by atoms with Crippen LogP contribution in [-0.4, -0.2) is 64.7 Å². The molecule has 1 saturated carbocycles. The number of anilines is 3. The van der Waals surface area contributed by atoms with Crippen molar-refractivity contribution in [3.05, 3.63) is 48.5 Å². The molecule has 0 atom stereocenters. The van der Waals surface area contributed by atoms with Crippen molar-refractivity contribution in [3.63, 3.8) is 0 Å². The van der Waals surface area contributed by atoms with Crippen molar-refractivity contribution in [1.82, 2.24) is 25.0 Å². The summed E-state index contributed by atoms with van der Waals surface area (Å²) in [7, 11) is 1.80. The molecule has 188 valence electrons. The fraction of sp³-hybridized carbons (Fsp3) is 0.440. The minimum absolute atomic E-state index is 0.366. The minimum Gasteiger partial charge on any atom is -0.381 e. The summed E-state index contributed by atoms with van der Waals surface area (Å²) in [4.78, 5) is 19.9. The quantitative estimate of drug-likeness (QED) is 0.333. The lowest BCUT2D eigenvalue weighted by Gasteiger charge is -2.53. The van der Waals surface area contributed by atoms with Crippen LogP contribution in [-0.2, 0) is 4.74 Å². The van der Waals surface area contributed by atoms with E-state index in [2.05, 4.69) is 60.2 Å². The van der Waals surface area contributed by atoms with Crippen molar-refractivity contribution in [2.24, 2.45) is 16.3 Å². The molecule has 1 spiro atoms. The first-order chi connectivity index (χ1) is 17.6. The third-order valence-electron chi connectivity index (χ3n) is 7.08. The van der Waals surface area contributed by atoms with Crippen LogP contribution in [0.25, 0.3) is 10.8 Å². The van der Waals surface area contributed by atoms with E-state index in [0.29, 0.717) is 22.8 Å². The van der Waals surface area contributed by atoms with Crippen LogP contribution in [0.4, 0.5) is 17.2 Å². The highest BCUT2D eigenvalue weighted by Gasteiger charge is 2.44. The van der Waals surface area contributed by atoms with Gasteiger partial charge in [0.25, 0.3) is 0 Å². The minimum atomic E-state index is 0.366. The second-order valence-electron chi connectivity index (χ2n) is 9.79. The highest BCUT2D eigenvalue weighted by Crippen LogP contribution is 2.45. The molecule has 3 aliphatic rings. The Morgan fingerprint density at radius 2 is 2.17 bits per heavy atom. The SMILES string of the molecule is C=C(Nc1csc(-n2nc[nH]2)n1)c1cc(N(/C=N\C)/C=C/C2CC2)c(N2CC3(CCOCC3)C2)cn1. The molecule has 6 rings (SSSR count). The van der Waals surface area contributed by atoms with Gasteiger partial charge < -0.3 is 19.9 Å². The van der Waals surface area contributed by atoms with Crippen LogP contribution in [0, 0.1) is 11.3 Å². The second kappa shape index (κ2) is 9.55. The smallest absolute Gasteiger partial charge is 0.229 e. The maximum atomic E-state index is 5.61. The van der Waals surface area contributed by atoms with Crippen molar-refractivity contribution in [2.75, 3.05) is 48.5 Å². The van der Waals surface area contributed by atoms with E-state index in [1.807, 2.05) is 17.9 Å². The molecular formula is C25H31N9OS. The van der Waals surface area contributed by atoms with Gasteiger partial charge in [-0.05, 0) is 37.7 Å². The predicted octanol–water partition coefficient (Wildman–Crippen LogP) is 4.14. The molecule has 36 heavy (non-hydrogen) atoms. The number of aromatic amines is 1. The van der Waals surface area contributed by atoms with E-state index in [0.717, 1.165) is 61.3 Å². The zero-order valence-electron chi connectivity index (χ0n) is 20.4. The number of nitrogens with one attached hydrogen (secondary N) is 2. The summed E-state index contributed by atoms with van der Waals surface area (Å²) in [6.45, 7) is 8.03. The van der Waals surface area contributed by atoms with E-state index in [-0.39, 0.29) is 0 Å². The second-order valence-corrected chi connectivity index (χ2v) is 10.6. The molecule has 0 radical (unpaired) electrons. The van der Waals surface area contributed by atoms with Gasteiger partial charge in [0.15, 0.2) is 0 Å². The summed E-state index contributed by atoms with van der Waals surface area (Å²) in [5.41, 5.74) is 3.97. The average molecular weight is 506 g/mol. The summed E-state index contributed by atoms with van der Waals surface area (Å²) in [5, 5.41) is 13.0. The zero-order chi connectivity index (χ0) is 24.5. The highest BCUT2D eigenvalue weighted by atomic mass is 32.1. The molecule has 0 bridgehead atoms. The molecule has 3 aromatic rings. The summed E-state index contributed by atoms with van der Waals surface area (Å²) in [6, 6.07) is 2.09. The first-order valence-corrected chi connectivity index (χ1v) is 13.2. The van der Waals surface area contributed by atoms with Crippen molar-refractivity contribution in [2.45, 2.75) is 25.7 Å². The maximum absolute atomic E-state index is 5.61. The maximum Gasteiger partial charge on any atom is 0.229 e. The Balaban J connectivity index is 1.26. The van der Waals surface area contributed by atoms with E-state index < -0.39 is 0 Å². The van der Waals surface area contributed by atoms with Crippen LogP contribution in [0.5, 0.6) is 0 Å². The number of pyridine rings is 1. The molecule has 10 nitrogen and oxygen atoms in total. The summed E-state index contributed by atoms with van der Waals surface area (Å²) in [5.74, 6) is 1.37. The number of rotatable bonds is 9. The van der Waals surface area contributed by atoms with Crippen LogP contribution in [0.1, 0.15) is 31.4 Å². The summed E-state index contributed by atoms with van der Waals surface area (Å²) < 4.78 is 5.61. The van der Waals surface area contributed by atoms with Crippen LogP contribution in [0.15, 0.2) is 47.8 Å². The molecule has 3 aromatic heterocycles. The monoisotopic (exact) mass is 505 g/mol. The Morgan fingerprint density at radius 3 is 2.86 bits per heavy atom. The van der Waals surface area contributed by atoms with Gasteiger partial charge in [-0.2, -0.15) is 4.98 Å². The van der Waals surface area contributed by atoms with Crippen LogP contribution < -0.4 is 15.1 Å². The lowest BCUT2D eigenvalue weighted by Crippen LogP contribution is -2.58. The van der Waals surface area contributed by atoms with Crippen LogP contribution in [0.3, 0.4) is 0 Å². The highest BCUT2D eigenvalue weighted by molar-refractivity contribution is 7.12. The Labute approximate surface area is 214 Å². The normalized spacial score (nSPS) is 19.3. The van der Waals surface area contributed by atoms with Gasteiger partial charge in [-0.1, -0.05) is 24.0 Å². The molecule has 1 aliphatic carbocycles. The van der Waals surface area contributed by atoms with Gasteiger partial charge >= 0.3 is 0 Å². The van der Waals surface area contributed by atoms with Gasteiger partial charge in [-0.15, -0.1) is 9.90 Å². The Morgan fingerprint density at radius 1 is 1.36 bits per heavy atom. The third-order valence-corrected chi connectivity index (χ3v) is 7.90. The Bertz CT molecular complexity index is 1260. The number of thiazole rings is 1. The van der Waals surface area contributed by atoms with E-state index in [1.54, 1.807) is 18.2 Å². The number of hydrogen-bond acceptors (Lipinski definition) is 8. The van der Waals surface area contributed by atoms with Crippen molar-refractivity contribution in [1.29, 1.82) is 0 Å². The summed E-state index contributed by atoms with van der Waals surface area (Å²) >= 11 is 1.49. The van der Waals surface area contributed by atoms with Gasteiger partial charge in [0.05, 0.1) is 35.3 Å². The molecule has 2 aliphatic heterocycles. The lowest BCUT2D eigenvalue weighted by molar-refractivity contribution is -0.000171. The molecule has 0 aromatic carbocycles. The number of H-pyrrole nitrogens is 1. The summed E-state index contributed by atoms with van der Waals surface area (Å²) in [6.07, 6.45) is 14.6. The molecule has 3 fully saturated rings. The van der Waals surface area contributed by atoms with Crippen LogP contribution >= 0.6 is 11.3 Å². The topological polar surface area (TPSA) is 99.5 Å². The number of hydrogen-bond donors (Lipinski definition) is 2. The first-order valence-electron chi connectivity index (χ1n) is 12.3. The van der Waals surface area contributed by atoms with Gasteiger partial charge in [0, 0.05) is 50.3 Å². The van der Waals surface area contributed by atoms with Crippen LogP contribution in [0.2, 0.25) is 0 Å². The molecule has 11 heteroatoms. The molecule has 2 saturated heterocycles. The van der Waals surface area contributed by atoms with Gasteiger partial charge in [-0.25, -0.2) is 0 Å². The number of allylic oxidation sites excluding steroid dienone is 1. The Kier molecular flexibility index (Phi) is 6.10. The van der Waals surface area contributed by atoms with E-state index >= 15 is 0 Å². The fourth-order valence-corrected chi connectivity index (χ4v) is 5.45. The fourth-order valence-electron chi connectivity index (χ4n) is 4.77. The first kappa shape index (κ1) is 23.0. The van der Waals surface area contributed by atoms with E-state index in [9.17, 15) is 0 Å². The molecule has 0 unspecified atom stereocenters. The van der Waals surface area contributed by atoms with E-state index in [4.69, 9.17) is 9.72 Å². The number of aromatic nitrogens is 5. The van der Waals surface area contributed by atoms with Gasteiger partial charge in [0.2, 0.25) is 5.13 Å². The van der Waals surface area contributed by atoms with Gasteiger partial charge in [-0.3, -0.25) is 15.1 Å². The van der Waals surface area contributed by atoms with Crippen molar-refractivity contribution >= 4 is 40.6 Å². The molecule has 0 amide bonds. The standard InChI is InChI=1S/C25H31N9OS/c1-18(30-23-13-36-24(31-23)34-28-16-29-34)20-11-21(32(17-26-2)8-5-19-3-4-19)22(12-27-20)33-14-25(15-33)6-9-35-10-7-25/h5,8,11-13,16-17,19,30H,1,3-4,6-7,9-10,14-15H2,2H3,(H,28,29)/b8-5+,26-17-. The molecule has 2 N–H and O–H groups in total. The number of ether oxygens (including phenoxy) is 1. The van der Waals surface area contributed by atoms with E-state index in [1.165, 1.54) is 24.2 Å². The molecular weight excluding hydrogens is 474 g/mol. The van der Waals surface area contributed by atoms with Crippen molar-refractivity contribution in [3.8, 4) is 5.13 Å². The Hall–Kier alpha value is -3.44. The number of nitrogens with zero attached hydrogens (tertiary/aromatic N) is 7. The molecule has 5 heterocycles. The average Bonchev–Trinajstić information content (AvgIpc) is 3.57. The lowest BCUT2D eigenvalue weighted by atomic mass is 9.73. The zero-order valence-corrected chi connectivity index (χ0v) is 21.2. The largest absolute Gasteiger partial charge is 0.381 e. The van der Waals surface area contributed by atoms with Crippen molar-refractivity contribution < 1.29 is 4.74 Å². The number of aliphatic imine (C=N–C) groups is 1. The predicted molar refractivity (Wildman–Crippen MR) is 144 cm³/mol. The van der Waals surface area contributed by atoms with Gasteiger partial charge in [0.1, 0.15) is 12.1 Å². The third kappa shape index (κ3) is 4.68.